The molecular formula is C31H28N4O6. The molecule has 3 aromatic carbocycles. The highest BCUT2D eigenvalue weighted by Gasteiger charge is 2.32. The molecule has 10 heteroatoms. The number of ether oxygens (including phenoxy) is 1. The Morgan fingerprint density at radius 1 is 1.10 bits per heavy atom. The Hall–Kier alpha value is -5.25. The summed E-state index contributed by atoms with van der Waals surface area (Å²) in [4.78, 5) is 45.8. The normalized spacial score (nSPS) is 11.8. The molecular weight excluding hydrogens is 524 g/mol. The second-order valence-electron chi connectivity index (χ2n) is 9.49. The van der Waals surface area contributed by atoms with Crippen LogP contribution in [0.2, 0.25) is 0 Å². The summed E-state index contributed by atoms with van der Waals surface area (Å²) in [5.41, 5.74) is 1.06. The van der Waals surface area contributed by atoms with Crippen molar-refractivity contribution < 1.29 is 18.9 Å². The minimum Gasteiger partial charge on any atom is -0.495 e. The van der Waals surface area contributed by atoms with E-state index in [0.717, 1.165) is 0 Å². The molecule has 0 aliphatic heterocycles. The zero-order chi connectivity index (χ0) is 29.1. The molecule has 2 aromatic heterocycles. The Morgan fingerprint density at radius 3 is 2.56 bits per heavy atom. The first-order valence-electron chi connectivity index (χ1n) is 13.1. The van der Waals surface area contributed by atoms with Crippen molar-refractivity contribution in [3.05, 3.63) is 128 Å². The lowest BCUT2D eigenvalue weighted by atomic mass is 10.1. The Balaban J connectivity index is 1.75. The van der Waals surface area contributed by atoms with Gasteiger partial charge in [-0.15, -0.1) is 0 Å². The Kier molecular flexibility index (Phi) is 7.64. The van der Waals surface area contributed by atoms with Crippen LogP contribution < -0.4 is 10.3 Å². The van der Waals surface area contributed by atoms with E-state index in [2.05, 4.69) is 0 Å². The quantitative estimate of drug-likeness (QED) is 0.162. The predicted molar refractivity (Wildman–Crippen MR) is 153 cm³/mol. The first-order chi connectivity index (χ1) is 19.8. The van der Waals surface area contributed by atoms with Gasteiger partial charge in [0.25, 0.3) is 17.2 Å². The summed E-state index contributed by atoms with van der Waals surface area (Å²) in [5, 5.41) is 12.1. The van der Waals surface area contributed by atoms with Crippen molar-refractivity contribution in [3.63, 3.8) is 0 Å². The van der Waals surface area contributed by atoms with Crippen molar-refractivity contribution in [1.82, 2.24) is 14.5 Å². The standard InChI is InChI=1S/C31H28N4O6/c1-4-25(33(19-22-10-9-17-41-22)30(36)21-16-15-20(2)27(18-21)35(38)39)29-32-24-12-6-5-11-23(24)31(37)34(29)26-13-7-8-14-28(26)40-3/h5-18,25H,4,19H2,1-3H3. The molecule has 0 spiro atoms. The van der Waals surface area contributed by atoms with E-state index in [-0.39, 0.29) is 23.4 Å². The minimum atomic E-state index is -0.727. The van der Waals surface area contributed by atoms with Crippen LogP contribution in [0.3, 0.4) is 0 Å². The zero-order valence-corrected chi connectivity index (χ0v) is 22.8. The molecule has 208 valence electrons. The molecule has 0 N–H and O–H groups in total. The van der Waals surface area contributed by atoms with Crippen molar-refractivity contribution in [1.29, 1.82) is 0 Å². The second-order valence-corrected chi connectivity index (χ2v) is 9.49. The van der Waals surface area contributed by atoms with Gasteiger partial charge in [-0.2, -0.15) is 0 Å². The summed E-state index contributed by atoms with van der Waals surface area (Å²) in [5.74, 6) is 0.818. The van der Waals surface area contributed by atoms with Gasteiger partial charge in [0.2, 0.25) is 0 Å². The predicted octanol–water partition coefficient (Wildman–Crippen LogP) is 6.00. The molecule has 41 heavy (non-hydrogen) atoms. The van der Waals surface area contributed by atoms with Crippen LogP contribution in [-0.2, 0) is 6.54 Å². The van der Waals surface area contributed by atoms with Crippen molar-refractivity contribution >= 4 is 22.5 Å². The topological polar surface area (TPSA) is 121 Å². The van der Waals surface area contributed by atoms with E-state index in [1.807, 2.05) is 6.92 Å². The van der Waals surface area contributed by atoms with Crippen molar-refractivity contribution in [2.45, 2.75) is 32.9 Å². The number of rotatable bonds is 9. The van der Waals surface area contributed by atoms with Crippen LogP contribution in [0.25, 0.3) is 16.6 Å². The fourth-order valence-electron chi connectivity index (χ4n) is 4.96. The number of nitro groups is 1. The number of aromatic nitrogens is 2. The first-order valence-corrected chi connectivity index (χ1v) is 13.1. The fraction of sp³-hybridized carbons (Fsp3) is 0.194. The average Bonchev–Trinajstić information content (AvgIpc) is 3.50. The SMILES string of the molecule is CCC(c1nc2ccccc2c(=O)n1-c1ccccc1OC)N(Cc1ccco1)C(=O)c1ccc(C)c([N+](=O)[O-])c1. The maximum absolute atomic E-state index is 14.2. The molecule has 0 bridgehead atoms. The largest absolute Gasteiger partial charge is 0.495 e. The molecule has 0 fully saturated rings. The number of para-hydroxylation sites is 3. The van der Waals surface area contributed by atoms with Gasteiger partial charge in [-0.1, -0.05) is 37.3 Å². The molecule has 1 unspecified atom stereocenters. The number of nitrogens with zero attached hydrogens (tertiary/aromatic N) is 4. The molecule has 0 saturated heterocycles. The lowest BCUT2D eigenvalue weighted by Crippen LogP contribution is -2.38. The lowest BCUT2D eigenvalue weighted by molar-refractivity contribution is -0.385. The molecule has 5 rings (SSSR count). The highest BCUT2D eigenvalue weighted by atomic mass is 16.6. The van der Waals surface area contributed by atoms with Gasteiger partial charge in [0.15, 0.2) is 0 Å². The van der Waals surface area contributed by atoms with Crippen molar-refractivity contribution in [2.24, 2.45) is 0 Å². The molecule has 0 aliphatic carbocycles. The third-order valence-electron chi connectivity index (χ3n) is 7.01. The lowest BCUT2D eigenvalue weighted by Gasteiger charge is -2.32. The van der Waals surface area contributed by atoms with Gasteiger partial charge in [0, 0.05) is 17.2 Å². The smallest absolute Gasteiger partial charge is 0.273 e. The van der Waals surface area contributed by atoms with Gasteiger partial charge in [0.05, 0.1) is 47.5 Å². The van der Waals surface area contributed by atoms with Crippen LogP contribution in [0, 0.1) is 17.0 Å². The van der Waals surface area contributed by atoms with E-state index in [1.165, 1.54) is 28.9 Å². The van der Waals surface area contributed by atoms with Crippen LogP contribution >= 0.6 is 0 Å². The van der Waals surface area contributed by atoms with E-state index in [9.17, 15) is 19.7 Å². The number of nitro benzene ring substituents is 1. The summed E-state index contributed by atoms with van der Waals surface area (Å²) in [6.45, 7) is 3.55. The summed E-state index contributed by atoms with van der Waals surface area (Å²) < 4.78 is 12.7. The molecule has 1 atom stereocenters. The second kappa shape index (κ2) is 11.5. The van der Waals surface area contributed by atoms with Crippen LogP contribution in [0.1, 0.15) is 46.9 Å². The Bertz CT molecular complexity index is 1790. The van der Waals surface area contributed by atoms with Crippen molar-refractivity contribution in [3.8, 4) is 11.4 Å². The van der Waals surface area contributed by atoms with Gasteiger partial charge in [0.1, 0.15) is 17.3 Å². The van der Waals surface area contributed by atoms with E-state index < -0.39 is 16.9 Å². The number of hydrogen-bond acceptors (Lipinski definition) is 7. The monoisotopic (exact) mass is 552 g/mol. The third kappa shape index (κ3) is 5.19. The molecule has 0 saturated carbocycles. The fourth-order valence-corrected chi connectivity index (χ4v) is 4.96. The molecule has 5 aromatic rings. The van der Waals surface area contributed by atoms with Crippen LogP contribution in [0.4, 0.5) is 5.69 Å². The Labute approximate surface area is 235 Å². The summed E-state index contributed by atoms with van der Waals surface area (Å²) in [6.07, 6.45) is 1.88. The highest BCUT2D eigenvalue weighted by molar-refractivity contribution is 5.95. The highest BCUT2D eigenvalue weighted by Crippen LogP contribution is 2.32. The molecule has 10 nitrogen and oxygen atoms in total. The van der Waals surface area contributed by atoms with Gasteiger partial charge in [-0.05, 0) is 55.8 Å². The number of hydrogen-bond donors (Lipinski definition) is 0. The number of benzene rings is 3. The van der Waals surface area contributed by atoms with Crippen molar-refractivity contribution in [2.75, 3.05) is 7.11 Å². The minimum absolute atomic E-state index is 0.0423. The number of carbonyl (C=O) groups excluding carboxylic acids is 1. The van der Waals surface area contributed by atoms with E-state index >= 15 is 0 Å². The van der Waals surface area contributed by atoms with Crippen LogP contribution in [0.15, 0.2) is 94.3 Å². The third-order valence-corrected chi connectivity index (χ3v) is 7.01. The van der Waals surface area contributed by atoms with E-state index in [0.29, 0.717) is 45.9 Å². The van der Waals surface area contributed by atoms with Crippen LogP contribution in [-0.4, -0.2) is 32.4 Å². The van der Waals surface area contributed by atoms with Gasteiger partial charge in [-0.25, -0.2) is 4.98 Å². The zero-order valence-electron chi connectivity index (χ0n) is 22.8. The summed E-state index contributed by atoms with van der Waals surface area (Å²) in [6, 6.07) is 21.3. The number of methoxy groups -OCH3 is 1. The van der Waals surface area contributed by atoms with Crippen LogP contribution in [0.5, 0.6) is 5.75 Å². The number of fused-ring (bicyclic) bond motifs is 1. The Morgan fingerprint density at radius 2 is 1.85 bits per heavy atom. The first kappa shape index (κ1) is 27.3. The van der Waals surface area contributed by atoms with Gasteiger partial charge in [-0.3, -0.25) is 24.3 Å². The average molecular weight is 553 g/mol. The number of furan rings is 1. The molecule has 1 amide bonds. The summed E-state index contributed by atoms with van der Waals surface area (Å²) >= 11 is 0. The van der Waals surface area contributed by atoms with E-state index in [4.69, 9.17) is 14.1 Å². The molecule has 2 heterocycles. The molecule has 0 aliphatic rings. The number of carbonyl (C=O) groups is 1. The number of amides is 1. The number of aryl methyl sites for hydroxylation is 1. The van der Waals surface area contributed by atoms with Gasteiger partial charge < -0.3 is 14.1 Å². The molecule has 0 radical (unpaired) electrons. The maximum atomic E-state index is 14.2. The summed E-state index contributed by atoms with van der Waals surface area (Å²) in [7, 11) is 1.52. The maximum Gasteiger partial charge on any atom is 0.273 e. The van der Waals surface area contributed by atoms with E-state index in [1.54, 1.807) is 79.7 Å². The van der Waals surface area contributed by atoms with Gasteiger partial charge >= 0.3 is 0 Å².